The molecule has 5 heteroatoms. The Labute approximate surface area is 72.6 Å². The molecule has 0 aromatic heterocycles. The van der Waals surface area contributed by atoms with Crippen LogP contribution in [0.2, 0.25) is 0 Å². The van der Waals surface area contributed by atoms with Crippen molar-refractivity contribution in [2.45, 2.75) is 13.8 Å². The van der Waals surface area contributed by atoms with E-state index in [-0.39, 0.29) is 30.6 Å². The van der Waals surface area contributed by atoms with E-state index in [1.54, 1.807) is 0 Å². The molecule has 0 aromatic rings. The Hall–Kier alpha value is -0.410. The van der Waals surface area contributed by atoms with Gasteiger partial charge >= 0.3 is 0 Å². The van der Waals surface area contributed by atoms with Crippen LogP contribution < -0.4 is 10.2 Å². The molecule has 0 amide bonds. The maximum Gasteiger partial charge on any atom is 0.0903 e. The summed E-state index contributed by atoms with van der Waals surface area (Å²) in [5, 5.41) is 18.2. The third-order valence-electron chi connectivity index (χ3n) is 0. The van der Waals surface area contributed by atoms with Gasteiger partial charge in [-0.1, -0.05) is 6.92 Å². The Balaban J connectivity index is -0.0000000300. The van der Waals surface area contributed by atoms with Crippen LogP contribution in [0.3, 0.4) is 0 Å². The van der Waals surface area contributed by atoms with E-state index >= 15 is 0 Å². The van der Waals surface area contributed by atoms with Crippen LogP contribution in [0.15, 0.2) is 12.3 Å². The first-order valence-electron chi connectivity index (χ1n) is 1.97. The zero-order valence-corrected chi connectivity index (χ0v) is 7.62. The van der Waals surface area contributed by atoms with E-state index in [0.717, 1.165) is 6.92 Å². The van der Waals surface area contributed by atoms with Crippen molar-refractivity contribution < 1.29 is 39.8 Å². The largest absolute Gasteiger partial charge is 0.876 e. The van der Waals surface area contributed by atoms with E-state index in [2.05, 4.69) is 6.58 Å². The van der Waals surface area contributed by atoms with Gasteiger partial charge in [-0.25, -0.2) is 0 Å². The number of allylic oxidation sites excluding steroid dienone is 1. The van der Waals surface area contributed by atoms with Crippen molar-refractivity contribution in [2.75, 3.05) is 0 Å². The maximum absolute atomic E-state index is 9.33. The summed E-state index contributed by atoms with van der Waals surface area (Å²) in [6.45, 7) is 5.39. The van der Waals surface area contributed by atoms with Crippen LogP contribution in [0, 0.1) is 24.8 Å². The molecule has 64 valence electrons. The monoisotopic (exact) mass is 190 g/mol. The number of carboxylic acids is 1. The van der Waals surface area contributed by atoms with Gasteiger partial charge in [0.1, 0.15) is 0 Å². The third kappa shape index (κ3) is 1960. The lowest BCUT2D eigenvalue weighted by Crippen LogP contribution is -2.16. The fourth-order valence-corrected chi connectivity index (χ4v) is 0. The molecule has 0 unspecified atom stereocenters. The number of halogens is 2. The predicted molar refractivity (Wildman–Crippen MR) is 31.1 cm³/mol. The lowest BCUT2D eigenvalue weighted by molar-refractivity contribution is -0.302. The molecule has 10 heavy (non-hydrogen) atoms. The van der Waals surface area contributed by atoms with E-state index in [1.807, 2.05) is 0 Å². The van der Waals surface area contributed by atoms with Crippen molar-refractivity contribution in [1.82, 2.24) is 0 Å². The molecule has 0 saturated carbocycles. The van der Waals surface area contributed by atoms with Crippen LogP contribution in [0.1, 0.15) is 13.8 Å². The Morgan fingerprint density at radius 2 is 1.20 bits per heavy atom. The number of carbonyl (C=O) groups is 1. The van der Waals surface area contributed by atoms with Crippen LogP contribution in [-0.2, 0) is 4.79 Å². The molecular weight excluding hydrogens is 179 g/mol. The van der Waals surface area contributed by atoms with E-state index in [4.69, 9.17) is 9.90 Å². The molecule has 0 N–H and O–H groups in total. The third-order valence-corrected chi connectivity index (χ3v) is 0. The quantitative estimate of drug-likeness (QED) is 0.400. The first-order chi connectivity index (χ1) is 3.46. The highest BCUT2D eigenvalue weighted by molar-refractivity contribution is 5.60. The van der Waals surface area contributed by atoms with Gasteiger partial charge in [-0.15, -0.1) is 12.3 Å². The van der Waals surface area contributed by atoms with Gasteiger partial charge in [0.15, 0.2) is 0 Å². The van der Waals surface area contributed by atoms with E-state index in [1.165, 1.54) is 6.92 Å². The molecule has 0 fully saturated rings. The molecule has 0 aromatic carbocycles. The highest BCUT2D eigenvalue weighted by atomic mass is 35.5. The fraction of sp³-hybridized carbons (Fsp3) is 0.400. The number of carbonyl (C=O) groups excluding carboxylic acids is 1. The summed E-state index contributed by atoms with van der Waals surface area (Å²) >= 11 is 0. The van der Waals surface area contributed by atoms with Crippen LogP contribution in [0.5, 0.6) is 0 Å². The highest BCUT2D eigenvalue weighted by Crippen LogP contribution is 1.57. The molecule has 0 rings (SSSR count). The summed E-state index contributed by atoms with van der Waals surface area (Å²) in [4.78, 5) is 8.89. The van der Waals surface area contributed by atoms with Crippen molar-refractivity contribution in [2.24, 2.45) is 0 Å². The van der Waals surface area contributed by atoms with Gasteiger partial charge in [-0.3, -0.25) is 0 Å². The Morgan fingerprint density at radius 3 is 1.20 bits per heavy atom. The summed E-state index contributed by atoms with van der Waals surface area (Å²) in [5.41, 5.74) is 0. The molecule has 0 radical (unpaired) electrons. The summed E-state index contributed by atoms with van der Waals surface area (Å²) < 4.78 is 0. The van der Waals surface area contributed by atoms with Crippen molar-refractivity contribution in [3.8, 4) is 0 Å². The summed E-state index contributed by atoms with van der Waals surface area (Å²) in [6, 6.07) is 0. The average molecular weight is 191 g/mol. The number of hydrogen-bond acceptors (Lipinski definition) is 3. The van der Waals surface area contributed by atoms with Gasteiger partial charge in [-0.05, 0) is 6.92 Å². The second-order valence-corrected chi connectivity index (χ2v) is 1.19. The van der Waals surface area contributed by atoms with Crippen LogP contribution >= 0.6 is 0 Å². The Morgan fingerprint density at radius 1 is 1.20 bits per heavy atom. The second kappa shape index (κ2) is 15.8. The normalized spacial score (nSPS) is 5.00. The lowest BCUT2D eigenvalue weighted by atomic mass is 10.7. The summed E-state index contributed by atoms with van der Waals surface area (Å²) in [7, 11) is 0. The molecule has 0 aliphatic heterocycles. The minimum Gasteiger partial charge on any atom is -0.876 e. The average Bonchev–Trinajstić information content (AvgIpc) is 1.25. The molecule has 0 saturated heterocycles. The molecular formula is C5H12Cl2O3. The van der Waals surface area contributed by atoms with Crippen molar-refractivity contribution in [3.05, 3.63) is 12.3 Å². The van der Waals surface area contributed by atoms with Gasteiger partial charge < -0.3 is 15.0 Å². The van der Waals surface area contributed by atoms with Crippen LogP contribution in [-0.4, -0.2) is 5.97 Å². The van der Waals surface area contributed by atoms with Crippen molar-refractivity contribution in [3.63, 3.8) is 0 Å². The highest BCUT2D eigenvalue weighted by Gasteiger charge is 1.46. The van der Waals surface area contributed by atoms with Gasteiger partial charge in [0, 0.05) is 5.97 Å². The molecule has 0 spiro atoms. The number of aliphatic carboxylic acids is 1. The predicted octanol–water partition coefficient (Wildman–Crippen LogP) is -2.43. The fourth-order valence-electron chi connectivity index (χ4n) is 0. The van der Waals surface area contributed by atoms with Crippen molar-refractivity contribution in [1.29, 1.82) is 0 Å². The standard InChI is InChI=1S/C3H6O.C2H4O2.2ClH2/c1-3(2)4;1-2(3)4;;/h4H,1H2,2H3;1H3,(H,3,4);2*1H2/q;;2*+1/p-2. The maximum atomic E-state index is 9.33. The molecule has 0 heterocycles. The van der Waals surface area contributed by atoms with Crippen LogP contribution in [0.25, 0.3) is 0 Å². The zero-order valence-electron chi connectivity index (χ0n) is 5.83. The summed E-state index contributed by atoms with van der Waals surface area (Å²) in [6.07, 6.45) is 0. The number of hydrogen-bond donors (Lipinski definition) is 0. The van der Waals surface area contributed by atoms with E-state index in [9.17, 15) is 5.11 Å². The lowest BCUT2D eigenvalue weighted by Gasteiger charge is -1.92. The minimum atomic E-state index is -1.08. The Kier molecular flexibility index (Phi) is 35.9. The summed E-state index contributed by atoms with van der Waals surface area (Å²) in [5.74, 6) is -1.17. The SMILES string of the molecule is C=C(C)[O-].CC(=O)[O-].[ClH2+].[ClH2+]. The smallest absolute Gasteiger partial charge is 0.0903 e. The Bertz CT molecular complexity index is 72.9. The van der Waals surface area contributed by atoms with Crippen molar-refractivity contribution >= 4 is 5.97 Å². The van der Waals surface area contributed by atoms with Gasteiger partial charge in [0.2, 0.25) is 0 Å². The topological polar surface area (TPSA) is 63.2 Å². The van der Waals surface area contributed by atoms with Gasteiger partial charge in [0.25, 0.3) is 0 Å². The number of rotatable bonds is 0. The van der Waals surface area contributed by atoms with E-state index < -0.39 is 5.97 Å². The zero-order chi connectivity index (χ0) is 7.15. The molecule has 0 bridgehead atoms. The molecule has 0 atom stereocenters. The molecule has 0 aliphatic rings. The molecule has 0 aliphatic carbocycles. The number of carboxylic acid groups (broad SMARTS) is 1. The van der Waals surface area contributed by atoms with Crippen LogP contribution in [0.4, 0.5) is 0 Å². The van der Waals surface area contributed by atoms with E-state index in [0.29, 0.717) is 0 Å². The minimum absolute atomic E-state index is 0. The van der Waals surface area contributed by atoms with Gasteiger partial charge in [-0.2, -0.15) is 0 Å². The first kappa shape index (κ1) is 22.6. The molecule has 3 nitrogen and oxygen atoms in total. The second-order valence-electron chi connectivity index (χ2n) is 1.19. The first-order valence-corrected chi connectivity index (χ1v) is 1.97. The van der Waals surface area contributed by atoms with Gasteiger partial charge in [0.05, 0.1) is 24.8 Å².